The van der Waals surface area contributed by atoms with E-state index in [1.807, 2.05) is 36.6 Å². The van der Waals surface area contributed by atoms with Gasteiger partial charge in [0.2, 0.25) is 0 Å². The average Bonchev–Trinajstić information content (AvgIpc) is 3.02. The molecule has 0 fully saturated rings. The second-order valence-electron chi connectivity index (χ2n) is 10.6. The second-order valence-corrected chi connectivity index (χ2v) is 10.6. The Kier molecular flexibility index (Phi) is 5.36. The van der Waals surface area contributed by atoms with Gasteiger partial charge in [0.05, 0.1) is 11.4 Å². The van der Waals surface area contributed by atoms with Crippen LogP contribution in [0.2, 0.25) is 0 Å². The van der Waals surface area contributed by atoms with E-state index in [0.29, 0.717) is 17.1 Å². The Labute approximate surface area is 237 Å². The van der Waals surface area contributed by atoms with Gasteiger partial charge in [0.15, 0.2) is 0 Å². The van der Waals surface area contributed by atoms with E-state index in [0.717, 1.165) is 11.1 Å². The maximum Gasteiger partial charge on any atom is 0.147 e. The third-order valence-corrected chi connectivity index (χ3v) is 8.37. The molecule has 196 valence electrons. The molecule has 41 heavy (non-hydrogen) atoms. The molecule has 0 spiro atoms. The van der Waals surface area contributed by atoms with Gasteiger partial charge in [-0.05, 0) is 93.1 Å². The van der Waals surface area contributed by atoms with Crippen molar-refractivity contribution in [2.45, 2.75) is 6.04 Å². The summed E-state index contributed by atoms with van der Waals surface area (Å²) in [5.41, 5.74) is 11.1. The number of para-hydroxylation sites is 2. The van der Waals surface area contributed by atoms with Crippen LogP contribution in [0.25, 0.3) is 5.57 Å². The van der Waals surface area contributed by atoms with E-state index >= 15 is 0 Å². The third-order valence-electron chi connectivity index (χ3n) is 8.37. The van der Waals surface area contributed by atoms with E-state index in [4.69, 9.17) is 4.99 Å². The monoisotopic (exact) mass is 534 g/mol. The van der Waals surface area contributed by atoms with E-state index in [9.17, 15) is 8.78 Å². The molecule has 5 aliphatic rings. The molecular formula is C37H24F2N2. The van der Waals surface area contributed by atoms with Gasteiger partial charge in [-0.15, -0.1) is 0 Å². The maximum absolute atomic E-state index is 15.0. The largest absolute Gasteiger partial charge is 0.305 e. The minimum Gasteiger partial charge on any atom is -0.305 e. The minimum atomic E-state index is -0.417. The highest BCUT2D eigenvalue weighted by molar-refractivity contribution is 5.88. The number of allylic oxidation sites excluding steroid dienone is 12. The van der Waals surface area contributed by atoms with Gasteiger partial charge in [0, 0.05) is 17.8 Å². The molecule has 2 nitrogen and oxygen atoms in total. The fraction of sp³-hybridized carbons (Fsp3) is 0.0541. The van der Waals surface area contributed by atoms with Crippen LogP contribution in [-0.4, -0.2) is 12.3 Å². The summed E-state index contributed by atoms with van der Waals surface area (Å²) >= 11 is 0. The lowest BCUT2D eigenvalue weighted by atomic mass is 9.65. The van der Waals surface area contributed by atoms with E-state index in [1.54, 1.807) is 41.3 Å². The number of dihydropyridines is 1. The van der Waals surface area contributed by atoms with Crippen molar-refractivity contribution in [2.75, 3.05) is 4.90 Å². The maximum atomic E-state index is 15.0. The molecule has 0 radical (unpaired) electrons. The molecule has 2 unspecified atom stereocenters. The first-order valence-electron chi connectivity index (χ1n) is 13.7. The molecule has 1 heterocycles. The number of rotatable bonds is 4. The summed E-state index contributed by atoms with van der Waals surface area (Å²) in [5.74, 6) is -0.680. The Hall–Kier alpha value is -5.09. The van der Waals surface area contributed by atoms with E-state index in [2.05, 4.69) is 48.6 Å². The average molecular weight is 535 g/mol. The standard InChI is InChI=1S/C37H24F2N2/c38-31-7-1-3-9-33(31)41(34-10-4-2-8-32(34)39)27-16-11-23(12-17-27)28-18-13-24-14-20-30-36-25(15-19-29(28)35(24)36)22-26-6-5-21-40-37(26)30/h1-22,35,37H. The smallest absolute Gasteiger partial charge is 0.147 e. The number of nitrogens with zero attached hydrogens (tertiary/aromatic N) is 2. The lowest BCUT2D eigenvalue weighted by Crippen LogP contribution is -2.29. The van der Waals surface area contributed by atoms with Crippen molar-refractivity contribution < 1.29 is 8.78 Å². The van der Waals surface area contributed by atoms with Crippen LogP contribution in [-0.2, 0) is 0 Å². The van der Waals surface area contributed by atoms with Crippen molar-refractivity contribution in [1.82, 2.24) is 0 Å². The molecule has 3 aromatic carbocycles. The van der Waals surface area contributed by atoms with Crippen molar-refractivity contribution in [3.63, 3.8) is 0 Å². The first-order valence-corrected chi connectivity index (χ1v) is 13.7. The highest BCUT2D eigenvalue weighted by Gasteiger charge is 2.38. The molecule has 0 N–H and O–H groups in total. The van der Waals surface area contributed by atoms with Crippen LogP contribution in [0.15, 0.2) is 166 Å². The van der Waals surface area contributed by atoms with Crippen molar-refractivity contribution in [3.05, 3.63) is 178 Å². The fourth-order valence-electron chi connectivity index (χ4n) is 6.54. The van der Waals surface area contributed by atoms with Crippen LogP contribution >= 0.6 is 0 Å². The first-order chi connectivity index (χ1) is 20.2. The molecule has 0 bridgehead atoms. The van der Waals surface area contributed by atoms with Gasteiger partial charge in [-0.2, -0.15) is 0 Å². The normalized spacial score (nSPS) is 21.3. The minimum absolute atomic E-state index is 0.0423. The number of aliphatic imine (C=N–C) groups is 1. The molecule has 0 amide bonds. The lowest BCUT2D eigenvalue weighted by molar-refractivity contribution is 0.619. The van der Waals surface area contributed by atoms with Crippen molar-refractivity contribution in [3.8, 4) is 0 Å². The number of halogens is 2. The van der Waals surface area contributed by atoms with Crippen LogP contribution in [0.4, 0.5) is 25.8 Å². The Morgan fingerprint density at radius 1 is 0.683 bits per heavy atom. The van der Waals surface area contributed by atoms with Crippen molar-refractivity contribution in [1.29, 1.82) is 0 Å². The zero-order chi connectivity index (χ0) is 27.5. The molecule has 3 aromatic rings. The Morgan fingerprint density at radius 2 is 1.41 bits per heavy atom. The molecule has 0 aromatic heterocycles. The van der Waals surface area contributed by atoms with Gasteiger partial charge < -0.3 is 4.90 Å². The highest BCUT2D eigenvalue weighted by atomic mass is 19.1. The van der Waals surface area contributed by atoms with E-state index in [1.165, 1.54) is 45.6 Å². The van der Waals surface area contributed by atoms with Crippen molar-refractivity contribution in [2.24, 2.45) is 10.9 Å². The molecule has 4 aliphatic carbocycles. The quantitative estimate of drug-likeness (QED) is 0.326. The topological polar surface area (TPSA) is 15.6 Å². The summed E-state index contributed by atoms with van der Waals surface area (Å²) in [6.45, 7) is 0. The van der Waals surface area contributed by atoms with Gasteiger partial charge in [-0.3, -0.25) is 4.99 Å². The molecular weight excluding hydrogens is 510 g/mol. The summed E-state index contributed by atoms with van der Waals surface area (Å²) in [7, 11) is 0. The molecule has 2 atom stereocenters. The highest BCUT2D eigenvalue weighted by Crippen LogP contribution is 2.51. The predicted octanol–water partition coefficient (Wildman–Crippen LogP) is 9.06. The zero-order valence-electron chi connectivity index (χ0n) is 22.0. The molecule has 4 heteroatoms. The van der Waals surface area contributed by atoms with Gasteiger partial charge in [0.1, 0.15) is 17.7 Å². The number of fused-ring (bicyclic) bond motifs is 2. The van der Waals surface area contributed by atoms with E-state index in [-0.39, 0.29) is 12.0 Å². The molecule has 0 saturated carbocycles. The van der Waals surface area contributed by atoms with Crippen molar-refractivity contribution >= 4 is 28.8 Å². The Morgan fingerprint density at radius 3 is 2.15 bits per heavy atom. The SMILES string of the molecule is Fc1ccccc1N(c1ccc(C2=C3C=CC4=C5C(=CC=C(C=C2)C35)C2N=CC=CC2=C4)cc1)c1ccccc1F. The molecule has 8 rings (SSSR count). The predicted molar refractivity (Wildman–Crippen MR) is 162 cm³/mol. The summed E-state index contributed by atoms with van der Waals surface area (Å²) in [4.78, 5) is 6.42. The van der Waals surface area contributed by atoms with Crippen LogP contribution < -0.4 is 4.90 Å². The molecule has 0 saturated heterocycles. The fourth-order valence-corrected chi connectivity index (χ4v) is 6.54. The summed E-state index contributed by atoms with van der Waals surface area (Å²) in [6.07, 6.45) is 21.6. The van der Waals surface area contributed by atoms with Gasteiger partial charge in [-0.1, -0.05) is 78.9 Å². The summed E-state index contributed by atoms with van der Waals surface area (Å²) < 4.78 is 30.0. The number of anilines is 3. The Balaban J connectivity index is 1.21. The second kappa shape index (κ2) is 9.24. The van der Waals surface area contributed by atoms with Crippen LogP contribution in [0, 0.1) is 17.6 Å². The molecule has 1 aliphatic heterocycles. The van der Waals surface area contributed by atoms with Crippen LogP contribution in [0.5, 0.6) is 0 Å². The van der Waals surface area contributed by atoms with Crippen LogP contribution in [0.3, 0.4) is 0 Å². The number of hydrogen-bond donors (Lipinski definition) is 0. The number of hydrogen-bond acceptors (Lipinski definition) is 2. The first kappa shape index (κ1) is 23.8. The van der Waals surface area contributed by atoms with Gasteiger partial charge in [0.25, 0.3) is 0 Å². The Bertz CT molecular complexity index is 1860. The van der Waals surface area contributed by atoms with Gasteiger partial charge >= 0.3 is 0 Å². The third kappa shape index (κ3) is 3.71. The zero-order valence-corrected chi connectivity index (χ0v) is 22.0. The van der Waals surface area contributed by atoms with Crippen LogP contribution in [0.1, 0.15) is 5.56 Å². The number of benzene rings is 3. The summed E-state index contributed by atoms with van der Waals surface area (Å²) in [6, 6.07) is 20.9. The summed E-state index contributed by atoms with van der Waals surface area (Å²) in [5, 5.41) is 0. The van der Waals surface area contributed by atoms with E-state index < -0.39 is 11.6 Å². The van der Waals surface area contributed by atoms with Gasteiger partial charge in [-0.25, -0.2) is 8.78 Å². The lowest BCUT2D eigenvalue weighted by Gasteiger charge is -2.39.